The lowest BCUT2D eigenvalue weighted by atomic mass is 9.91. The van der Waals surface area contributed by atoms with E-state index in [1.165, 1.54) is 4.57 Å². The lowest BCUT2D eigenvalue weighted by Gasteiger charge is -2.33. The van der Waals surface area contributed by atoms with Crippen molar-refractivity contribution in [2.45, 2.75) is 63.5 Å². The summed E-state index contributed by atoms with van der Waals surface area (Å²) in [5, 5.41) is 35.1. The Morgan fingerprint density at radius 2 is 1.94 bits per heavy atom. The summed E-state index contributed by atoms with van der Waals surface area (Å²) in [4.78, 5) is 20.4. The minimum absolute atomic E-state index is 0.0219. The van der Waals surface area contributed by atoms with Gasteiger partial charge >= 0.3 is 6.18 Å². The van der Waals surface area contributed by atoms with Crippen LogP contribution < -0.4 is 10.6 Å². The number of halogens is 3. The van der Waals surface area contributed by atoms with E-state index in [1.54, 1.807) is 61.2 Å². The van der Waals surface area contributed by atoms with Crippen molar-refractivity contribution < 1.29 is 28.2 Å². The molecular formula is C34H42F3N7O3. The molecule has 1 aromatic carbocycles. The number of anilines is 1. The van der Waals surface area contributed by atoms with Gasteiger partial charge < -0.3 is 30.3 Å². The highest BCUT2D eigenvalue weighted by Crippen LogP contribution is 2.27. The predicted octanol–water partition coefficient (Wildman–Crippen LogP) is 3.23. The predicted molar refractivity (Wildman–Crippen MR) is 173 cm³/mol. The second-order valence-electron chi connectivity index (χ2n) is 12.5. The van der Waals surface area contributed by atoms with Gasteiger partial charge in [-0.15, -0.1) is 0 Å². The van der Waals surface area contributed by atoms with Crippen molar-refractivity contribution in [3.05, 3.63) is 59.5 Å². The number of likely N-dealkylation sites (N-methyl/N-ethyl adjacent to an activating group) is 1. The van der Waals surface area contributed by atoms with Crippen molar-refractivity contribution in [1.82, 2.24) is 24.7 Å². The Hall–Kier alpha value is -4.14. The fourth-order valence-electron chi connectivity index (χ4n) is 5.50. The summed E-state index contributed by atoms with van der Waals surface area (Å²) < 4.78 is 41.8. The Balaban J connectivity index is 1.35. The molecule has 1 fully saturated rings. The Kier molecular flexibility index (Phi) is 11.9. The number of likely N-dealkylation sites (tertiary alicyclic amines) is 1. The van der Waals surface area contributed by atoms with Gasteiger partial charge in [0.15, 0.2) is 0 Å². The number of fused-ring (bicyclic) bond motifs is 1. The number of hydrogen-bond acceptors (Lipinski definition) is 8. The molecule has 0 bridgehead atoms. The summed E-state index contributed by atoms with van der Waals surface area (Å²) in [5.41, 5.74) is 2.25. The Bertz CT molecular complexity index is 1610. The van der Waals surface area contributed by atoms with E-state index in [2.05, 4.69) is 33.5 Å². The molecule has 252 valence electrons. The minimum atomic E-state index is -4.42. The molecule has 0 aliphatic carbocycles. The number of nitriles is 1. The number of nitrogens with one attached hydrogen (secondary N) is 2. The molecule has 1 amide bonds. The van der Waals surface area contributed by atoms with Crippen LogP contribution in [0.15, 0.2) is 42.6 Å². The monoisotopic (exact) mass is 653 g/mol. The summed E-state index contributed by atoms with van der Waals surface area (Å²) in [5.74, 6) is 5.79. The summed E-state index contributed by atoms with van der Waals surface area (Å²) >= 11 is 0. The van der Waals surface area contributed by atoms with E-state index in [1.807, 2.05) is 12.1 Å². The van der Waals surface area contributed by atoms with Crippen LogP contribution in [-0.4, -0.2) is 100 Å². The zero-order valence-corrected chi connectivity index (χ0v) is 26.9. The molecule has 0 spiro atoms. The zero-order valence-electron chi connectivity index (χ0n) is 26.9. The molecular weight excluding hydrogens is 611 g/mol. The maximum Gasteiger partial charge on any atom is 0.406 e. The van der Waals surface area contributed by atoms with E-state index in [9.17, 15) is 28.3 Å². The van der Waals surface area contributed by atoms with Crippen LogP contribution in [0.5, 0.6) is 0 Å². The maximum absolute atomic E-state index is 13.5. The van der Waals surface area contributed by atoms with Gasteiger partial charge in [-0.1, -0.05) is 12.0 Å². The molecule has 1 aliphatic rings. The molecule has 1 aliphatic heterocycles. The van der Waals surface area contributed by atoms with Crippen LogP contribution in [-0.2, 0) is 23.3 Å². The fourth-order valence-corrected chi connectivity index (χ4v) is 5.50. The molecule has 10 nitrogen and oxygen atoms in total. The quantitative estimate of drug-likeness (QED) is 0.220. The number of benzene rings is 1. The minimum Gasteiger partial charge on any atom is -0.394 e. The Morgan fingerprint density at radius 3 is 2.57 bits per heavy atom. The molecule has 1 unspecified atom stereocenters. The second kappa shape index (κ2) is 15.6. The number of carbonyl (C=O) groups excluding carboxylic acids is 1. The first-order chi connectivity index (χ1) is 22.3. The van der Waals surface area contributed by atoms with Gasteiger partial charge in [0.05, 0.1) is 60.6 Å². The normalized spacial score (nSPS) is 14.9. The highest BCUT2D eigenvalue weighted by molar-refractivity contribution is 5.83. The van der Waals surface area contributed by atoms with E-state index in [4.69, 9.17) is 5.11 Å². The van der Waals surface area contributed by atoms with Crippen molar-refractivity contribution in [1.29, 1.82) is 5.26 Å². The van der Waals surface area contributed by atoms with Crippen LogP contribution in [0, 0.1) is 23.2 Å². The van der Waals surface area contributed by atoms with E-state index in [0.717, 1.165) is 18.4 Å². The smallest absolute Gasteiger partial charge is 0.394 e. The Morgan fingerprint density at radius 1 is 1.19 bits per heavy atom. The third-order valence-corrected chi connectivity index (χ3v) is 8.16. The maximum atomic E-state index is 13.5. The van der Waals surface area contributed by atoms with Gasteiger partial charge in [-0.05, 0) is 75.6 Å². The van der Waals surface area contributed by atoms with Gasteiger partial charge in [0, 0.05) is 43.1 Å². The van der Waals surface area contributed by atoms with Crippen LogP contribution in [0.4, 0.5) is 18.9 Å². The summed E-state index contributed by atoms with van der Waals surface area (Å²) in [6, 6.07) is 13.0. The molecule has 3 heterocycles. The lowest BCUT2D eigenvalue weighted by Crippen LogP contribution is -2.48. The number of carbonyl (C=O) groups is 1. The largest absolute Gasteiger partial charge is 0.406 e. The number of rotatable bonds is 12. The molecule has 2 aromatic heterocycles. The first-order valence-electron chi connectivity index (χ1n) is 15.6. The summed E-state index contributed by atoms with van der Waals surface area (Å²) in [7, 11) is 1.73. The van der Waals surface area contributed by atoms with Crippen molar-refractivity contribution in [2.24, 2.45) is 0 Å². The summed E-state index contributed by atoms with van der Waals surface area (Å²) in [6.07, 6.45) is -2.17. The first kappa shape index (κ1) is 35.7. The average molecular weight is 654 g/mol. The van der Waals surface area contributed by atoms with Crippen LogP contribution in [0.2, 0.25) is 0 Å². The van der Waals surface area contributed by atoms with Gasteiger partial charge in [0.25, 0.3) is 0 Å². The molecule has 4 N–H and O–H groups in total. The molecule has 1 saturated heterocycles. The fraction of sp³-hybridized carbons (Fsp3) is 0.500. The SMILES string of the molecule is CN(CC(=O)N1CCC(NCc2ccc3c(c2)cc(C#CCNc2ccc(C(C)(C)C#N)nc2)n3CC(F)(F)F)CC1)CC(O)CO. The van der Waals surface area contributed by atoms with Crippen LogP contribution in [0.25, 0.3) is 10.9 Å². The average Bonchev–Trinajstić information content (AvgIpc) is 3.37. The lowest BCUT2D eigenvalue weighted by molar-refractivity contribution is -0.140. The van der Waals surface area contributed by atoms with Gasteiger partial charge in [-0.2, -0.15) is 18.4 Å². The van der Waals surface area contributed by atoms with Gasteiger partial charge in [0.1, 0.15) is 6.54 Å². The molecule has 13 heteroatoms. The number of pyridine rings is 1. The number of aliphatic hydroxyl groups excluding tert-OH is 2. The number of piperidine rings is 1. The second-order valence-corrected chi connectivity index (χ2v) is 12.5. The molecule has 4 rings (SSSR count). The highest BCUT2D eigenvalue weighted by Gasteiger charge is 2.30. The number of hydrogen-bond donors (Lipinski definition) is 4. The highest BCUT2D eigenvalue weighted by atomic mass is 19.4. The number of aromatic nitrogens is 2. The first-order valence-corrected chi connectivity index (χ1v) is 15.6. The molecule has 1 atom stereocenters. The van der Waals surface area contributed by atoms with Gasteiger partial charge in [0.2, 0.25) is 5.91 Å². The number of nitrogens with zero attached hydrogens (tertiary/aromatic N) is 5. The van der Waals surface area contributed by atoms with Crippen molar-refractivity contribution >= 4 is 22.5 Å². The standard InChI is InChI=1S/C34H42F3N7O3/c1-33(2,22-38)31-9-7-27(18-41-31)39-12-4-5-28-16-25-15-24(6-8-30(25)44(28)23-34(35,36)37)17-40-26-10-13-43(14-11-26)32(47)20-42(3)19-29(46)21-45/h6-9,15-16,18,26,29,39-40,45-46H,10-14,17,19-21,23H2,1-3H3. The van der Waals surface area contributed by atoms with Gasteiger partial charge in [-0.3, -0.25) is 14.7 Å². The molecule has 47 heavy (non-hydrogen) atoms. The topological polar surface area (TPSA) is 130 Å². The van der Waals surface area contributed by atoms with Crippen LogP contribution >= 0.6 is 0 Å². The van der Waals surface area contributed by atoms with Gasteiger partial charge in [-0.25, -0.2) is 0 Å². The Labute approximate surface area is 273 Å². The van der Waals surface area contributed by atoms with E-state index < -0.39 is 24.2 Å². The number of amides is 1. The van der Waals surface area contributed by atoms with E-state index >= 15 is 0 Å². The molecule has 0 radical (unpaired) electrons. The summed E-state index contributed by atoms with van der Waals surface area (Å²) in [6.45, 7) is 4.36. The number of aliphatic hydroxyl groups is 2. The third-order valence-electron chi connectivity index (χ3n) is 8.16. The van der Waals surface area contributed by atoms with E-state index in [0.29, 0.717) is 41.9 Å². The van der Waals surface area contributed by atoms with Crippen molar-refractivity contribution in [2.75, 3.05) is 51.7 Å². The molecule has 3 aromatic rings. The van der Waals surface area contributed by atoms with Crippen molar-refractivity contribution in [3.63, 3.8) is 0 Å². The van der Waals surface area contributed by atoms with E-state index in [-0.39, 0.29) is 43.9 Å². The number of alkyl halides is 3. The third kappa shape index (κ3) is 10.2. The van der Waals surface area contributed by atoms with Crippen LogP contribution in [0.3, 0.4) is 0 Å². The van der Waals surface area contributed by atoms with Crippen LogP contribution in [0.1, 0.15) is 43.6 Å². The zero-order chi connectivity index (χ0) is 34.2. The van der Waals surface area contributed by atoms with Crippen molar-refractivity contribution in [3.8, 4) is 17.9 Å². The molecule has 0 saturated carbocycles.